The van der Waals surface area contributed by atoms with Gasteiger partial charge in [-0.05, 0) is 39.7 Å². The van der Waals surface area contributed by atoms with Gasteiger partial charge in [-0.2, -0.15) is 0 Å². The molecule has 1 aliphatic rings. The number of carbonyl (C=O) groups is 2. The molecule has 0 aliphatic heterocycles. The zero-order valence-electron chi connectivity index (χ0n) is 14.6. The summed E-state index contributed by atoms with van der Waals surface area (Å²) in [4.78, 5) is 25.4. The van der Waals surface area contributed by atoms with E-state index in [1.165, 1.54) is 0 Å². The smallest absolute Gasteiger partial charge is 0.197 e. The zero-order valence-corrected chi connectivity index (χ0v) is 17.8. The minimum Gasteiger partial charge on any atom is -0.487 e. The Morgan fingerprint density at radius 1 is 0.821 bits per heavy atom. The van der Waals surface area contributed by atoms with Crippen molar-refractivity contribution >= 4 is 49.5 Å². The van der Waals surface area contributed by atoms with Gasteiger partial charge in [0.05, 0.1) is 10.0 Å². The summed E-state index contributed by atoms with van der Waals surface area (Å²) in [6.45, 7) is 0.374. The molecule has 5 heteroatoms. The van der Waals surface area contributed by atoms with Crippen molar-refractivity contribution in [2.45, 2.75) is 6.61 Å². The molecule has 0 amide bonds. The van der Waals surface area contributed by atoms with E-state index in [2.05, 4.69) is 31.9 Å². The van der Waals surface area contributed by atoms with Gasteiger partial charge in [-0.15, -0.1) is 0 Å². The number of fused-ring (bicyclic) bond motifs is 1. The number of rotatable bonds is 4. The van der Waals surface area contributed by atoms with Crippen molar-refractivity contribution in [2.24, 2.45) is 0 Å². The van der Waals surface area contributed by atoms with Crippen LogP contribution in [0.2, 0.25) is 0 Å². The summed E-state index contributed by atoms with van der Waals surface area (Å²) in [5.41, 5.74) is 2.72. The minimum absolute atomic E-state index is 0.149. The summed E-state index contributed by atoms with van der Waals surface area (Å²) >= 11 is 6.99. The minimum atomic E-state index is -0.259. The average Bonchev–Trinajstić information content (AvgIpc) is 2.93. The Morgan fingerprint density at radius 3 is 2.07 bits per heavy atom. The van der Waals surface area contributed by atoms with Crippen molar-refractivity contribution in [1.29, 1.82) is 0 Å². The predicted molar refractivity (Wildman–Crippen MR) is 116 cm³/mol. The first-order chi connectivity index (χ1) is 13.5. The summed E-state index contributed by atoms with van der Waals surface area (Å²) in [5.74, 6) is 0.0625. The van der Waals surface area contributed by atoms with Crippen LogP contribution in [0.25, 0.3) is 6.08 Å². The van der Waals surface area contributed by atoms with E-state index in [4.69, 9.17) is 4.74 Å². The third kappa shape index (κ3) is 3.60. The Bertz CT molecular complexity index is 1080. The highest BCUT2D eigenvalue weighted by Gasteiger charge is 2.32. The van der Waals surface area contributed by atoms with Gasteiger partial charge in [0.1, 0.15) is 12.4 Å². The van der Waals surface area contributed by atoms with Crippen LogP contribution in [0.5, 0.6) is 5.75 Å². The van der Waals surface area contributed by atoms with Crippen molar-refractivity contribution in [1.82, 2.24) is 0 Å². The second kappa shape index (κ2) is 7.86. The SMILES string of the molecule is O=C1C(=Cc2cc(Br)cc(Br)c2OCc2ccccc2)C(=O)c2ccccc21. The second-order valence-electron chi connectivity index (χ2n) is 6.34. The molecule has 0 spiro atoms. The first-order valence-corrected chi connectivity index (χ1v) is 10.2. The van der Waals surface area contributed by atoms with Crippen LogP contribution < -0.4 is 4.74 Å². The fraction of sp³-hybridized carbons (Fsp3) is 0.0435. The molecule has 0 saturated heterocycles. The topological polar surface area (TPSA) is 43.4 Å². The number of Topliss-reactive ketones (excluding diaryl/α,β-unsaturated/α-hetero) is 2. The Labute approximate surface area is 179 Å². The van der Waals surface area contributed by atoms with Crippen LogP contribution in [-0.2, 0) is 6.61 Å². The van der Waals surface area contributed by atoms with E-state index < -0.39 is 0 Å². The number of ether oxygens (including phenoxy) is 1. The Morgan fingerprint density at radius 2 is 1.43 bits per heavy atom. The van der Waals surface area contributed by atoms with Crippen LogP contribution in [0.4, 0.5) is 0 Å². The summed E-state index contributed by atoms with van der Waals surface area (Å²) < 4.78 is 7.58. The maximum absolute atomic E-state index is 12.7. The molecule has 0 radical (unpaired) electrons. The molecule has 0 fully saturated rings. The summed E-state index contributed by atoms with van der Waals surface area (Å²) in [5, 5.41) is 0. The van der Waals surface area contributed by atoms with E-state index in [-0.39, 0.29) is 17.1 Å². The first-order valence-electron chi connectivity index (χ1n) is 8.60. The van der Waals surface area contributed by atoms with E-state index in [0.717, 1.165) is 14.5 Å². The van der Waals surface area contributed by atoms with Gasteiger partial charge in [-0.1, -0.05) is 70.5 Å². The van der Waals surface area contributed by atoms with Crippen molar-refractivity contribution < 1.29 is 14.3 Å². The molecule has 3 aromatic carbocycles. The molecule has 0 saturated carbocycles. The van der Waals surface area contributed by atoms with Gasteiger partial charge in [0.25, 0.3) is 0 Å². The van der Waals surface area contributed by atoms with Gasteiger partial charge >= 0.3 is 0 Å². The second-order valence-corrected chi connectivity index (χ2v) is 8.11. The van der Waals surface area contributed by atoms with Crippen molar-refractivity contribution in [3.05, 3.63) is 104 Å². The van der Waals surface area contributed by atoms with Crippen LogP contribution in [0, 0.1) is 0 Å². The lowest BCUT2D eigenvalue weighted by Gasteiger charge is -2.13. The van der Waals surface area contributed by atoms with Gasteiger partial charge in [0.15, 0.2) is 11.6 Å². The molecule has 3 aromatic rings. The van der Waals surface area contributed by atoms with Crippen LogP contribution in [0.3, 0.4) is 0 Å². The van der Waals surface area contributed by atoms with Crippen molar-refractivity contribution in [3.63, 3.8) is 0 Å². The Hall–Kier alpha value is -2.50. The normalized spacial score (nSPS) is 12.9. The van der Waals surface area contributed by atoms with E-state index in [0.29, 0.717) is 29.0 Å². The molecule has 1 aliphatic carbocycles. The predicted octanol–water partition coefficient (Wildman–Crippen LogP) is 6.25. The number of carbonyl (C=O) groups excluding carboxylic acids is 2. The molecule has 28 heavy (non-hydrogen) atoms. The molecule has 0 bridgehead atoms. The van der Waals surface area contributed by atoms with Crippen LogP contribution >= 0.6 is 31.9 Å². The number of hydrogen-bond acceptors (Lipinski definition) is 3. The number of benzene rings is 3. The van der Waals surface area contributed by atoms with Crippen LogP contribution in [0.15, 0.2) is 81.2 Å². The summed E-state index contributed by atoms with van der Waals surface area (Å²) in [6.07, 6.45) is 1.61. The summed E-state index contributed by atoms with van der Waals surface area (Å²) in [6, 6.07) is 20.4. The highest BCUT2D eigenvalue weighted by Crippen LogP contribution is 2.36. The first kappa shape index (κ1) is 18.8. The third-order valence-electron chi connectivity index (χ3n) is 4.47. The quantitative estimate of drug-likeness (QED) is 0.316. The van der Waals surface area contributed by atoms with Crippen molar-refractivity contribution in [2.75, 3.05) is 0 Å². The molecular formula is C23H14Br2O3. The fourth-order valence-electron chi connectivity index (χ4n) is 3.13. The van der Waals surface area contributed by atoms with Gasteiger partial charge in [-0.25, -0.2) is 0 Å². The monoisotopic (exact) mass is 496 g/mol. The van der Waals surface area contributed by atoms with Gasteiger partial charge in [0, 0.05) is 21.2 Å². The van der Waals surface area contributed by atoms with E-state index in [1.807, 2.05) is 42.5 Å². The van der Waals surface area contributed by atoms with E-state index in [1.54, 1.807) is 30.3 Å². The maximum Gasteiger partial charge on any atom is 0.197 e. The van der Waals surface area contributed by atoms with Gasteiger partial charge in [0.2, 0.25) is 0 Å². The maximum atomic E-state index is 12.7. The van der Waals surface area contributed by atoms with Crippen LogP contribution in [-0.4, -0.2) is 11.6 Å². The lowest BCUT2D eigenvalue weighted by atomic mass is 10.1. The average molecular weight is 498 g/mol. The highest BCUT2D eigenvalue weighted by molar-refractivity contribution is 9.11. The molecule has 0 unspecified atom stereocenters. The lowest BCUT2D eigenvalue weighted by Crippen LogP contribution is -2.02. The Balaban J connectivity index is 1.73. The highest BCUT2D eigenvalue weighted by atomic mass is 79.9. The van der Waals surface area contributed by atoms with Crippen molar-refractivity contribution in [3.8, 4) is 5.75 Å². The molecule has 0 N–H and O–H groups in total. The van der Waals surface area contributed by atoms with Gasteiger partial charge < -0.3 is 4.74 Å². The molecule has 0 heterocycles. The largest absolute Gasteiger partial charge is 0.487 e. The van der Waals surface area contributed by atoms with E-state index in [9.17, 15) is 9.59 Å². The Kier molecular flexibility index (Phi) is 5.29. The van der Waals surface area contributed by atoms with E-state index >= 15 is 0 Å². The molecule has 3 nitrogen and oxygen atoms in total. The molecule has 138 valence electrons. The number of allylic oxidation sites excluding steroid dienone is 1. The van der Waals surface area contributed by atoms with Gasteiger partial charge in [-0.3, -0.25) is 9.59 Å². The molecule has 4 rings (SSSR count). The fourth-order valence-corrected chi connectivity index (χ4v) is 4.50. The molecule has 0 atom stereocenters. The summed E-state index contributed by atoms with van der Waals surface area (Å²) in [7, 11) is 0. The third-order valence-corrected chi connectivity index (χ3v) is 5.52. The molecular weight excluding hydrogens is 484 g/mol. The number of halogens is 2. The number of ketones is 2. The molecule has 0 aromatic heterocycles. The zero-order chi connectivity index (χ0) is 19.7. The lowest BCUT2D eigenvalue weighted by molar-refractivity contribution is 0.0990. The number of hydrogen-bond donors (Lipinski definition) is 0. The standard InChI is InChI=1S/C23H14Br2O3/c24-16-10-15(11-19-21(26)17-8-4-5-9-18(17)22(19)27)23(20(25)12-16)28-13-14-6-2-1-3-7-14/h1-12H,13H2. The van der Waals surface area contributed by atoms with Crippen LogP contribution in [0.1, 0.15) is 31.8 Å².